The fourth-order valence-electron chi connectivity index (χ4n) is 5.50. The molecule has 0 radical (unpaired) electrons. The molecule has 3 heteroatoms. The Labute approximate surface area is 229 Å². The van der Waals surface area contributed by atoms with Crippen molar-refractivity contribution in [3.63, 3.8) is 0 Å². The second-order valence-electron chi connectivity index (χ2n) is 11.0. The summed E-state index contributed by atoms with van der Waals surface area (Å²) in [5.41, 5.74) is 8.61. The van der Waals surface area contributed by atoms with Crippen molar-refractivity contribution >= 4 is 13.3 Å². The van der Waals surface area contributed by atoms with E-state index in [-0.39, 0.29) is 0 Å². The van der Waals surface area contributed by atoms with Gasteiger partial charge in [-0.1, -0.05) is 113 Å². The zero-order valence-electron chi connectivity index (χ0n) is 23.5. The first kappa shape index (κ1) is 26.2. The van der Waals surface area contributed by atoms with E-state index in [1.807, 2.05) is 0 Å². The molecule has 4 aromatic rings. The third kappa shape index (κ3) is 4.75. The van der Waals surface area contributed by atoms with Crippen LogP contribution in [-0.4, -0.2) is 21.1 Å². The minimum absolute atomic E-state index is 0.414. The highest BCUT2D eigenvalue weighted by atomic mass is 16.5. The topological polar surface area (TPSA) is 18.5 Å². The predicted octanol–water partition coefficient (Wildman–Crippen LogP) is 7.16. The van der Waals surface area contributed by atoms with Gasteiger partial charge in [0.25, 0.3) is 0 Å². The smallest absolute Gasteiger partial charge is 0.139 e. The molecule has 2 atom stereocenters. The van der Waals surface area contributed by atoms with Crippen LogP contribution in [0.15, 0.2) is 91.0 Å². The van der Waals surface area contributed by atoms with Gasteiger partial charge in [0, 0.05) is 0 Å². The Morgan fingerprint density at radius 1 is 0.632 bits per heavy atom. The summed E-state index contributed by atoms with van der Waals surface area (Å²) in [4.78, 5) is 0. The monoisotopic (exact) mass is 502 g/mol. The largest absolute Gasteiger partial charge is 0.493 e. The van der Waals surface area contributed by atoms with Crippen molar-refractivity contribution in [3.05, 3.63) is 113 Å². The molecule has 0 bridgehead atoms. The molecule has 0 heterocycles. The average Bonchev–Trinajstić information content (AvgIpc) is 3.25. The van der Waals surface area contributed by atoms with Gasteiger partial charge in [-0.15, -0.1) is 0 Å². The van der Waals surface area contributed by atoms with Crippen LogP contribution >= 0.6 is 0 Å². The van der Waals surface area contributed by atoms with E-state index in [0.29, 0.717) is 11.8 Å². The summed E-state index contributed by atoms with van der Waals surface area (Å²) in [6.07, 6.45) is 2.23. The van der Waals surface area contributed by atoms with Crippen molar-refractivity contribution < 1.29 is 9.47 Å². The van der Waals surface area contributed by atoms with Crippen molar-refractivity contribution in [1.29, 1.82) is 0 Å². The Kier molecular flexibility index (Phi) is 7.65. The Balaban J connectivity index is 1.64. The van der Waals surface area contributed by atoms with E-state index in [1.54, 1.807) is 0 Å². The summed E-state index contributed by atoms with van der Waals surface area (Å²) in [6, 6.07) is 33.3. The fourth-order valence-corrected chi connectivity index (χ4v) is 5.50. The van der Waals surface area contributed by atoms with Gasteiger partial charge >= 0.3 is 0 Å². The number of ether oxygens (including phenoxy) is 2. The first-order valence-electron chi connectivity index (χ1n) is 14.1. The molecule has 0 saturated carbocycles. The van der Waals surface area contributed by atoms with Crippen molar-refractivity contribution in [2.24, 2.45) is 11.8 Å². The lowest BCUT2D eigenvalue weighted by molar-refractivity contribution is 0.256. The summed E-state index contributed by atoms with van der Waals surface area (Å²) in [5.74, 6) is 2.93. The Morgan fingerprint density at radius 2 is 1.13 bits per heavy atom. The van der Waals surface area contributed by atoms with E-state index in [9.17, 15) is 0 Å². The average molecular weight is 503 g/mol. The Hall–Kier alpha value is -3.46. The summed E-state index contributed by atoms with van der Waals surface area (Å²) in [6.45, 7) is 10.4. The third-order valence-corrected chi connectivity index (χ3v) is 8.24. The van der Waals surface area contributed by atoms with Crippen molar-refractivity contribution in [2.75, 3.05) is 13.2 Å². The molecule has 1 aliphatic carbocycles. The van der Waals surface area contributed by atoms with Crippen LogP contribution in [0.3, 0.4) is 0 Å². The first-order valence-corrected chi connectivity index (χ1v) is 14.1. The maximum absolute atomic E-state index is 6.13. The molecule has 0 saturated heterocycles. The normalized spacial score (nSPS) is 17.4. The molecule has 5 rings (SSSR count). The molecular formula is C35H39BO2. The highest BCUT2D eigenvalue weighted by Crippen LogP contribution is 2.56. The lowest BCUT2D eigenvalue weighted by atomic mass is 9.67. The van der Waals surface area contributed by atoms with Crippen LogP contribution in [0.2, 0.25) is 0 Å². The minimum Gasteiger partial charge on any atom is -0.493 e. The highest BCUT2D eigenvalue weighted by molar-refractivity contribution is 6.32. The SMILES string of the molecule is Bc1ccc2c(c1)C(c1ccc(OCC(C)CC)cc1)(c1ccc(OCC(C)CC)cc1)c1ccccc1-2. The van der Waals surface area contributed by atoms with Crippen LogP contribution in [0.5, 0.6) is 11.5 Å². The van der Waals surface area contributed by atoms with E-state index in [2.05, 4.69) is 127 Å². The van der Waals surface area contributed by atoms with Crippen LogP contribution in [-0.2, 0) is 5.41 Å². The molecule has 0 aromatic heterocycles. The summed E-state index contributed by atoms with van der Waals surface area (Å²) in [7, 11) is 2.19. The third-order valence-electron chi connectivity index (χ3n) is 8.24. The molecule has 0 N–H and O–H groups in total. The van der Waals surface area contributed by atoms with Crippen LogP contribution in [0, 0.1) is 11.8 Å². The van der Waals surface area contributed by atoms with E-state index >= 15 is 0 Å². The zero-order valence-corrected chi connectivity index (χ0v) is 23.5. The predicted molar refractivity (Wildman–Crippen MR) is 162 cm³/mol. The van der Waals surface area contributed by atoms with Crippen LogP contribution in [0.4, 0.5) is 0 Å². The van der Waals surface area contributed by atoms with Gasteiger partial charge in [0.2, 0.25) is 0 Å². The first-order chi connectivity index (χ1) is 18.5. The zero-order chi connectivity index (χ0) is 26.7. The summed E-state index contributed by atoms with van der Waals surface area (Å²) < 4.78 is 12.3. The van der Waals surface area contributed by atoms with Crippen molar-refractivity contribution in [2.45, 2.75) is 46.0 Å². The van der Waals surface area contributed by atoms with E-state index < -0.39 is 5.41 Å². The van der Waals surface area contributed by atoms with Crippen molar-refractivity contribution in [3.8, 4) is 22.6 Å². The maximum atomic E-state index is 6.13. The van der Waals surface area contributed by atoms with Gasteiger partial charge in [-0.3, -0.25) is 0 Å². The van der Waals surface area contributed by atoms with Crippen molar-refractivity contribution in [1.82, 2.24) is 0 Å². The quantitative estimate of drug-likeness (QED) is 0.189. The van der Waals surface area contributed by atoms with Gasteiger partial charge in [-0.05, 0) is 69.5 Å². The molecule has 1 aliphatic rings. The number of hydrogen-bond donors (Lipinski definition) is 0. The summed E-state index contributed by atoms with van der Waals surface area (Å²) in [5, 5.41) is 0. The fraction of sp³-hybridized carbons (Fsp3) is 0.314. The molecule has 0 spiro atoms. The van der Waals surface area contributed by atoms with E-state index in [4.69, 9.17) is 9.47 Å². The number of benzene rings is 4. The molecule has 2 nitrogen and oxygen atoms in total. The molecule has 0 fully saturated rings. The van der Waals surface area contributed by atoms with Crippen LogP contribution in [0.1, 0.15) is 62.8 Å². The van der Waals surface area contributed by atoms with Gasteiger partial charge in [0.05, 0.1) is 18.6 Å². The summed E-state index contributed by atoms with van der Waals surface area (Å²) >= 11 is 0. The Morgan fingerprint density at radius 3 is 1.66 bits per heavy atom. The number of fused-ring (bicyclic) bond motifs is 3. The van der Waals surface area contributed by atoms with Gasteiger partial charge in [-0.25, -0.2) is 0 Å². The van der Waals surface area contributed by atoms with E-state index in [1.165, 1.54) is 38.8 Å². The van der Waals surface area contributed by atoms with Gasteiger partial charge < -0.3 is 9.47 Å². The van der Waals surface area contributed by atoms with Gasteiger partial charge in [0.15, 0.2) is 0 Å². The highest BCUT2D eigenvalue weighted by Gasteiger charge is 2.46. The molecule has 0 amide bonds. The van der Waals surface area contributed by atoms with Crippen LogP contribution in [0.25, 0.3) is 11.1 Å². The van der Waals surface area contributed by atoms with Gasteiger partial charge in [0.1, 0.15) is 19.3 Å². The molecule has 194 valence electrons. The second-order valence-corrected chi connectivity index (χ2v) is 11.0. The molecule has 2 unspecified atom stereocenters. The van der Waals surface area contributed by atoms with Gasteiger partial charge in [-0.2, -0.15) is 0 Å². The number of rotatable bonds is 10. The molecule has 4 aromatic carbocycles. The minimum atomic E-state index is -0.414. The lowest BCUT2D eigenvalue weighted by Gasteiger charge is -2.34. The Bertz CT molecular complexity index is 1320. The number of hydrogen-bond acceptors (Lipinski definition) is 2. The maximum Gasteiger partial charge on any atom is 0.139 e. The standard InChI is InChI=1S/C35H39BO2/c1-5-24(3)22-37-29-16-11-26(12-17-29)35(27-13-18-30(19-14-27)38-23-25(4)6-2)33-10-8-7-9-31(33)32-20-15-28(36)21-34(32)35/h7-21,24-25H,5-6,22-23,36H2,1-4H3. The van der Waals surface area contributed by atoms with E-state index in [0.717, 1.165) is 37.6 Å². The molecular weight excluding hydrogens is 463 g/mol. The molecule has 0 aliphatic heterocycles. The van der Waals surface area contributed by atoms with Crippen LogP contribution < -0.4 is 14.9 Å². The second kappa shape index (κ2) is 11.1. The molecule has 38 heavy (non-hydrogen) atoms. The lowest BCUT2D eigenvalue weighted by Crippen LogP contribution is -2.29.